The third-order valence-corrected chi connectivity index (χ3v) is 12.4. The number of carbonyl (C=O) groups excluding carboxylic acids is 3. The second-order valence-corrected chi connectivity index (χ2v) is 15.4. The number of hydrogen-bond acceptors (Lipinski definition) is 10. The van der Waals surface area contributed by atoms with Crippen LogP contribution in [0, 0.1) is 5.92 Å². The summed E-state index contributed by atoms with van der Waals surface area (Å²) in [5.41, 5.74) is 0.180. The largest absolute Gasteiger partial charge is 0.493 e. The van der Waals surface area contributed by atoms with Crippen LogP contribution in [0.15, 0.2) is 24.0 Å². The number of carbonyl (C=O) groups is 3. The molecule has 1 aromatic carbocycles. The van der Waals surface area contributed by atoms with Gasteiger partial charge in [-0.15, -0.1) is 9.24 Å². The van der Waals surface area contributed by atoms with Crippen molar-refractivity contribution in [2.24, 2.45) is 5.92 Å². The van der Waals surface area contributed by atoms with Gasteiger partial charge < -0.3 is 45.1 Å². The quantitative estimate of drug-likeness (QED) is 0.158. The number of hydrogen-bond donors (Lipinski definition) is 4. The Hall–Kier alpha value is -2.76. The number of likely N-dealkylation sites (tertiary alicyclic amines) is 2. The van der Waals surface area contributed by atoms with Gasteiger partial charge in [0.25, 0.3) is 0 Å². The fraction of sp³-hybridized carbons (Fsp3) is 0.703. The zero-order chi connectivity index (χ0) is 35.6. The number of benzene rings is 1. The first-order valence-corrected chi connectivity index (χ1v) is 19.3. The number of ketones is 1. The molecule has 13 heteroatoms. The molecule has 3 heterocycles. The summed E-state index contributed by atoms with van der Waals surface area (Å²) in [6.07, 6.45) is 8.25. The van der Waals surface area contributed by atoms with E-state index in [1.54, 1.807) is 19.1 Å². The summed E-state index contributed by atoms with van der Waals surface area (Å²) in [6, 6.07) is 3.21. The van der Waals surface area contributed by atoms with E-state index in [0.717, 1.165) is 49.9 Å². The van der Waals surface area contributed by atoms with E-state index in [1.165, 1.54) is 0 Å². The Morgan fingerprint density at radius 3 is 2.74 bits per heavy atom. The highest BCUT2D eigenvalue weighted by Crippen LogP contribution is 2.65. The van der Waals surface area contributed by atoms with Crippen LogP contribution in [0.25, 0.3) is 0 Å². The number of aliphatic hydroxyl groups is 1. The number of unbranched alkanes of at least 4 members (excludes halogenated alkanes) is 2. The van der Waals surface area contributed by atoms with Crippen LogP contribution in [-0.2, 0) is 26.2 Å². The van der Waals surface area contributed by atoms with Crippen molar-refractivity contribution in [3.05, 3.63) is 35.1 Å². The van der Waals surface area contributed by atoms with E-state index in [2.05, 4.69) is 43.2 Å². The van der Waals surface area contributed by atoms with Crippen LogP contribution in [0.4, 0.5) is 4.79 Å². The lowest BCUT2D eigenvalue weighted by Crippen LogP contribution is -2.74. The highest BCUT2D eigenvalue weighted by atomic mass is 31.0. The number of nitrogens with one attached hydrogen (secondary N) is 3. The summed E-state index contributed by atoms with van der Waals surface area (Å²) in [5.74, 6) is 1.32. The lowest BCUT2D eigenvalue weighted by atomic mass is 9.50. The minimum absolute atomic E-state index is 0.0972. The topological polar surface area (TPSA) is 142 Å². The third-order valence-electron chi connectivity index (χ3n) is 12.1. The van der Waals surface area contributed by atoms with Crippen molar-refractivity contribution in [3.63, 3.8) is 0 Å². The first-order chi connectivity index (χ1) is 24.1. The molecule has 5 aliphatic rings. The lowest BCUT2D eigenvalue weighted by Gasteiger charge is -2.61. The Labute approximate surface area is 298 Å². The van der Waals surface area contributed by atoms with Crippen molar-refractivity contribution in [1.82, 2.24) is 25.8 Å². The summed E-state index contributed by atoms with van der Waals surface area (Å²) >= 11 is 0. The highest BCUT2D eigenvalue weighted by molar-refractivity contribution is 7.16. The van der Waals surface area contributed by atoms with E-state index < -0.39 is 23.2 Å². The van der Waals surface area contributed by atoms with E-state index in [0.29, 0.717) is 61.9 Å². The molecular weight excluding hydrogens is 657 g/mol. The standard InChI is InChI=1S/C37H56N5O7P/c1-38-17-7-5-6-8-26(39-2)34(44)40-21-25-11-9-24(27(43)14-19-50)22-42(25)35(45)48-29-13-15-37(46)30-20-23-10-12-28(47-4)32-31(23)36(37,33(29)49-32)16-18-41(30)3/h10,12-13,24-26,30,33,38-39,46H,5-9,11,14-22,50H2,1-4H3,(H,40,44)/t24?,25?,26-,30+,33-,36-,37+/m0/s1. The van der Waals surface area contributed by atoms with Crippen molar-refractivity contribution >= 4 is 27.0 Å². The van der Waals surface area contributed by atoms with Crippen LogP contribution < -0.4 is 25.4 Å². The Morgan fingerprint density at radius 1 is 1.18 bits per heavy atom. The average molecular weight is 714 g/mol. The number of likely N-dealkylation sites (N-methyl/N-ethyl adjacent to an activating group) is 2. The van der Waals surface area contributed by atoms with Gasteiger partial charge in [-0.1, -0.05) is 18.9 Å². The fourth-order valence-corrected chi connectivity index (χ4v) is 9.68. The number of piperidine rings is 2. The maximum Gasteiger partial charge on any atom is 0.415 e. The van der Waals surface area contributed by atoms with E-state index in [1.807, 2.05) is 19.2 Å². The van der Waals surface area contributed by atoms with Gasteiger partial charge in [-0.05, 0) is 96.6 Å². The number of nitrogens with zero attached hydrogens (tertiary/aromatic N) is 2. The Balaban J connectivity index is 1.22. The molecule has 0 radical (unpaired) electrons. The highest BCUT2D eigenvalue weighted by Gasteiger charge is 2.72. The first-order valence-electron chi connectivity index (χ1n) is 18.4. The van der Waals surface area contributed by atoms with E-state index >= 15 is 0 Å². The Bertz CT molecular complexity index is 1480. The minimum atomic E-state index is -1.12. The fourth-order valence-electron chi connectivity index (χ4n) is 9.39. The zero-order valence-electron chi connectivity index (χ0n) is 30.1. The summed E-state index contributed by atoms with van der Waals surface area (Å²) in [7, 11) is 10.0. The summed E-state index contributed by atoms with van der Waals surface area (Å²) in [4.78, 5) is 44.5. The average Bonchev–Trinajstić information content (AvgIpc) is 3.47. The minimum Gasteiger partial charge on any atom is -0.493 e. The second-order valence-electron chi connectivity index (χ2n) is 14.8. The predicted molar refractivity (Wildman–Crippen MR) is 194 cm³/mol. The van der Waals surface area contributed by atoms with Gasteiger partial charge in [0.05, 0.1) is 30.2 Å². The molecule has 6 rings (SSSR count). The molecule has 4 N–H and O–H groups in total. The number of ether oxygens (including phenoxy) is 3. The van der Waals surface area contributed by atoms with Gasteiger partial charge in [0, 0.05) is 43.5 Å². The van der Waals surface area contributed by atoms with E-state index in [4.69, 9.17) is 14.2 Å². The molecule has 50 heavy (non-hydrogen) atoms. The van der Waals surface area contributed by atoms with Crippen LogP contribution in [-0.4, -0.2) is 123 Å². The summed E-state index contributed by atoms with van der Waals surface area (Å²) < 4.78 is 18.7. The molecule has 2 saturated heterocycles. The maximum absolute atomic E-state index is 14.3. The van der Waals surface area contributed by atoms with Crippen LogP contribution >= 0.6 is 9.24 Å². The van der Waals surface area contributed by atoms with Gasteiger partial charge in [-0.25, -0.2) is 4.79 Å². The molecule has 2 fully saturated rings. The molecule has 0 saturated carbocycles. The molecule has 1 aromatic rings. The van der Waals surface area contributed by atoms with Gasteiger partial charge in [0.2, 0.25) is 5.91 Å². The first kappa shape index (κ1) is 37.0. The van der Waals surface area contributed by atoms with Crippen molar-refractivity contribution in [3.8, 4) is 11.5 Å². The molecule has 0 aromatic heterocycles. The molecule has 3 unspecified atom stereocenters. The maximum atomic E-state index is 14.3. The normalized spacial score (nSPS) is 30.1. The molecule has 2 aliphatic carbocycles. The Morgan fingerprint density at radius 2 is 2.00 bits per heavy atom. The molecule has 12 nitrogen and oxygen atoms in total. The second kappa shape index (κ2) is 15.5. The number of methoxy groups -OCH3 is 1. The van der Waals surface area contributed by atoms with Gasteiger partial charge in [0.15, 0.2) is 17.6 Å². The smallest absolute Gasteiger partial charge is 0.415 e. The van der Waals surface area contributed by atoms with E-state index in [9.17, 15) is 19.5 Å². The number of rotatable bonds is 15. The molecule has 2 amide bonds. The van der Waals surface area contributed by atoms with Crippen molar-refractivity contribution in [2.75, 3.05) is 60.6 Å². The monoisotopic (exact) mass is 713 g/mol. The van der Waals surface area contributed by atoms with Gasteiger partial charge in [-0.3, -0.25) is 9.59 Å². The summed E-state index contributed by atoms with van der Waals surface area (Å²) in [5, 5.41) is 22.0. The van der Waals surface area contributed by atoms with Gasteiger partial charge >= 0.3 is 6.09 Å². The molecule has 8 atom stereocenters. The predicted octanol–water partition coefficient (Wildman–Crippen LogP) is 2.51. The van der Waals surface area contributed by atoms with Crippen LogP contribution in [0.5, 0.6) is 11.5 Å². The molecule has 276 valence electrons. The lowest BCUT2D eigenvalue weighted by molar-refractivity contribution is -0.163. The van der Waals surface area contributed by atoms with Crippen LogP contribution in [0.2, 0.25) is 0 Å². The van der Waals surface area contributed by atoms with Crippen LogP contribution in [0.1, 0.15) is 68.9 Å². The Kier molecular flexibility index (Phi) is 11.4. The van der Waals surface area contributed by atoms with Crippen molar-refractivity contribution < 1.29 is 33.7 Å². The summed E-state index contributed by atoms with van der Waals surface area (Å²) in [6.45, 7) is 2.21. The van der Waals surface area contributed by atoms with E-state index in [-0.39, 0.29) is 48.8 Å². The van der Waals surface area contributed by atoms with Gasteiger partial charge in [0.1, 0.15) is 11.5 Å². The third kappa shape index (κ3) is 6.44. The van der Waals surface area contributed by atoms with Crippen LogP contribution in [0.3, 0.4) is 0 Å². The number of amides is 2. The zero-order valence-corrected chi connectivity index (χ0v) is 31.2. The number of Topliss-reactive ketones (excluding diaryl/α,β-unsaturated/α-hetero) is 1. The van der Waals surface area contributed by atoms with Gasteiger partial charge in [-0.2, -0.15) is 0 Å². The molecular formula is C37H56N5O7P. The van der Waals surface area contributed by atoms with Crippen molar-refractivity contribution in [1.29, 1.82) is 0 Å². The SMILES string of the molecule is CNCCCCC[C@H](NC)C(=O)NCC1CCC(C(=O)CCP)CN1C(=O)OC1=CC[C@@]2(O)[C@H]3Cc4ccc(OC)c5c4[C@@]2(CCN3C)[C@H]1O5. The molecule has 3 aliphatic heterocycles. The molecule has 2 bridgehead atoms. The molecule has 1 spiro atoms. The van der Waals surface area contributed by atoms with Crippen molar-refractivity contribution in [2.45, 2.75) is 99.5 Å².